The molecule has 216 valence electrons. The Kier molecular flexibility index (Phi) is 8.15. The van der Waals surface area contributed by atoms with Gasteiger partial charge in [0.25, 0.3) is 0 Å². The highest BCUT2D eigenvalue weighted by Gasteiger charge is 2.53. The molecule has 2 aromatic heterocycles. The number of fused-ring (bicyclic) bond motifs is 3. The van der Waals surface area contributed by atoms with Crippen LogP contribution in [0.2, 0.25) is 33.7 Å². The minimum atomic E-state index is -2.23. The largest absolute Gasteiger partial charge is 0.444 e. The van der Waals surface area contributed by atoms with Gasteiger partial charge in [-0.1, -0.05) is 44.0 Å². The Morgan fingerprint density at radius 2 is 1.69 bits per heavy atom. The number of aromatic nitrogens is 3. The van der Waals surface area contributed by atoms with Gasteiger partial charge in [-0.3, -0.25) is 4.90 Å². The van der Waals surface area contributed by atoms with Gasteiger partial charge in [-0.2, -0.15) is 4.98 Å². The molecule has 2 saturated heterocycles. The third-order valence-electron chi connectivity index (χ3n) is 8.01. The van der Waals surface area contributed by atoms with Crippen molar-refractivity contribution in [2.75, 3.05) is 11.4 Å². The Bertz CT molecular complexity index is 1290. The van der Waals surface area contributed by atoms with Crippen LogP contribution in [0.15, 0.2) is 0 Å². The first-order valence-electron chi connectivity index (χ1n) is 13.2. The number of piperazine rings is 1. The molecule has 0 unspecified atom stereocenters. The summed E-state index contributed by atoms with van der Waals surface area (Å²) in [6.07, 6.45) is 0.834. The summed E-state index contributed by atoms with van der Waals surface area (Å²) in [7, 11) is -2.23. The van der Waals surface area contributed by atoms with Gasteiger partial charge >= 0.3 is 6.09 Å². The number of pyridine rings is 1. The van der Waals surface area contributed by atoms with Gasteiger partial charge in [0.2, 0.25) is 5.28 Å². The Morgan fingerprint density at radius 3 is 2.28 bits per heavy atom. The van der Waals surface area contributed by atoms with Crippen molar-refractivity contribution in [1.29, 1.82) is 0 Å². The molecule has 0 saturated carbocycles. The number of carbonyl (C=O) groups is 1. The van der Waals surface area contributed by atoms with E-state index >= 15 is 4.39 Å². The second-order valence-electron chi connectivity index (χ2n) is 13.0. The van der Waals surface area contributed by atoms with Crippen molar-refractivity contribution in [2.24, 2.45) is 0 Å². The number of ether oxygens (including phenoxy) is 1. The first-order valence-corrected chi connectivity index (χ1v) is 17.2. The minimum Gasteiger partial charge on any atom is -0.444 e. The zero-order chi connectivity index (χ0) is 29.2. The molecule has 0 N–H and O–H groups in total. The van der Waals surface area contributed by atoms with Crippen LogP contribution >= 0.6 is 34.8 Å². The van der Waals surface area contributed by atoms with Crippen molar-refractivity contribution >= 4 is 65.9 Å². The zero-order valence-corrected chi connectivity index (χ0v) is 27.2. The van der Waals surface area contributed by atoms with Gasteiger partial charge in [-0.25, -0.2) is 19.2 Å². The fourth-order valence-electron chi connectivity index (χ4n) is 5.36. The third kappa shape index (κ3) is 5.82. The van der Waals surface area contributed by atoms with E-state index in [9.17, 15) is 4.79 Å². The molecule has 2 bridgehead atoms. The molecule has 4 rings (SSSR count). The summed E-state index contributed by atoms with van der Waals surface area (Å²) in [6, 6.07) is -0.755. The highest BCUT2D eigenvalue weighted by Crippen LogP contribution is 2.44. The molecule has 2 aliphatic rings. The molecule has 8 nitrogen and oxygen atoms in total. The maximum Gasteiger partial charge on any atom is 0.410 e. The molecule has 0 aliphatic carbocycles. The predicted molar refractivity (Wildman–Crippen MR) is 156 cm³/mol. The fourth-order valence-corrected chi connectivity index (χ4v) is 7.42. The molecule has 1 amide bonds. The van der Waals surface area contributed by atoms with Crippen molar-refractivity contribution < 1.29 is 18.3 Å². The Balaban J connectivity index is 1.87. The molecule has 2 fully saturated rings. The second-order valence-corrected chi connectivity index (χ2v) is 18.8. The molecule has 4 heterocycles. The number of hydrogen-bond donors (Lipinski definition) is 0. The van der Waals surface area contributed by atoms with E-state index in [1.165, 1.54) is 0 Å². The summed E-state index contributed by atoms with van der Waals surface area (Å²) >= 11 is 18.8. The van der Waals surface area contributed by atoms with Gasteiger partial charge < -0.3 is 14.1 Å². The van der Waals surface area contributed by atoms with Gasteiger partial charge in [-0.05, 0) is 70.3 Å². The molecule has 13 heteroatoms. The number of carbonyl (C=O) groups excluding carboxylic acids is 1. The van der Waals surface area contributed by atoms with Crippen molar-refractivity contribution in [3.05, 3.63) is 21.4 Å². The van der Waals surface area contributed by atoms with Gasteiger partial charge in [-0.15, -0.1) is 0 Å². The standard InChI is InChI=1S/C26H37Cl3FN5O3Si/c1-13(38-39(8,9)26(5,6)7)19-15-11-10-14(35(15)24(36)37-25(2,3)4)12-34(19)22-16-18(31-23(29)33-22)17(30)21(28)32-20(16)27/h13-15,19H,10-12H2,1-9H3/t13-,14+,15-,19+/m0/s1. The number of rotatable bonds is 4. The Hall–Kier alpha value is -1.46. The zero-order valence-electron chi connectivity index (χ0n) is 23.9. The predicted octanol–water partition coefficient (Wildman–Crippen LogP) is 7.49. The lowest BCUT2D eigenvalue weighted by molar-refractivity contribution is -0.000167. The maximum absolute atomic E-state index is 15.1. The Morgan fingerprint density at radius 1 is 1.05 bits per heavy atom. The molecule has 0 radical (unpaired) electrons. The normalized spacial score (nSPS) is 22.9. The van der Waals surface area contributed by atoms with Crippen LogP contribution in [0.3, 0.4) is 0 Å². The molecule has 0 spiro atoms. The first-order chi connectivity index (χ1) is 17.8. The monoisotopic (exact) mass is 619 g/mol. The van der Waals surface area contributed by atoms with E-state index < -0.39 is 24.9 Å². The number of hydrogen-bond acceptors (Lipinski definition) is 7. The van der Waals surface area contributed by atoms with Gasteiger partial charge in [0.1, 0.15) is 22.1 Å². The summed E-state index contributed by atoms with van der Waals surface area (Å²) in [5, 5.41) is -0.385. The van der Waals surface area contributed by atoms with Crippen LogP contribution in [0.1, 0.15) is 61.3 Å². The topological polar surface area (TPSA) is 80.7 Å². The maximum atomic E-state index is 15.1. The SMILES string of the molecule is C[C@H](O[Si](C)(C)C(C)(C)C)[C@@H]1[C@@H]2CC[C@H](CN1c1nc(Cl)nc3c(F)c(Cl)nc(Cl)c13)N2C(=O)OC(C)(C)C. The van der Waals surface area contributed by atoms with Gasteiger partial charge in [0, 0.05) is 6.54 Å². The van der Waals surface area contributed by atoms with Crippen molar-refractivity contribution in [2.45, 2.75) is 109 Å². The van der Waals surface area contributed by atoms with E-state index in [0.29, 0.717) is 12.4 Å². The van der Waals surface area contributed by atoms with Crippen LogP contribution in [0.4, 0.5) is 15.0 Å². The smallest absolute Gasteiger partial charge is 0.410 e. The number of halogens is 4. The lowest BCUT2D eigenvalue weighted by atomic mass is 9.97. The lowest BCUT2D eigenvalue weighted by Crippen LogP contribution is -2.66. The van der Waals surface area contributed by atoms with Gasteiger partial charge in [0.15, 0.2) is 19.3 Å². The van der Waals surface area contributed by atoms with Crippen LogP contribution < -0.4 is 4.90 Å². The number of nitrogens with zero attached hydrogens (tertiary/aromatic N) is 5. The number of anilines is 1. The van der Waals surface area contributed by atoms with E-state index in [-0.39, 0.29) is 56.7 Å². The highest BCUT2D eigenvalue weighted by molar-refractivity contribution is 6.74. The van der Waals surface area contributed by atoms with Crippen LogP contribution in [-0.4, -0.2) is 70.6 Å². The molecule has 2 aromatic rings. The van der Waals surface area contributed by atoms with Crippen LogP contribution in [0, 0.1) is 5.82 Å². The summed E-state index contributed by atoms with van der Waals surface area (Å²) in [6.45, 7) is 18.9. The molecule has 39 heavy (non-hydrogen) atoms. The molecule has 4 atom stereocenters. The van der Waals surface area contributed by atoms with E-state index in [0.717, 1.165) is 12.8 Å². The summed E-state index contributed by atoms with van der Waals surface area (Å²) in [5.74, 6) is -0.478. The molecular weight excluding hydrogens is 584 g/mol. The van der Waals surface area contributed by atoms with E-state index in [1.807, 2.05) is 37.5 Å². The summed E-state index contributed by atoms with van der Waals surface area (Å²) < 4.78 is 27.8. The van der Waals surface area contributed by atoms with Crippen LogP contribution in [0.25, 0.3) is 10.9 Å². The summed E-state index contributed by atoms with van der Waals surface area (Å²) in [4.78, 5) is 29.9. The average molecular weight is 621 g/mol. The van der Waals surface area contributed by atoms with E-state index in [1.54, 1.807) is 0 Å². The molecular formula is C26H37Cl3FN5O3Si. The first kappa shape index (κ1) is 30.5. The van der Waals surface area contributed by atoms with Crippen molar-refractivity contribution in [3.8, 4) is 0 Å². The highest BCUT2D eigenvalue weighted by atomic mass is 35.5. The molecule has 0 aromatic carbocycles. The van der Waals surface area contributed by atoms with Gasteiger partial charge in [0.05, 0.1) is 29.6 Å². The fraction of sp³-hybridized carbons (Fsp3) is 0.692. The minimum absolute atomic E-state index is 0.0262. The van der Waals surface area contributed by atoms with Crippen molar-refractivity contribution in [1.82, 2.24) is 19.9 Å². The molecule has 2 aliphatic heterocycles. The summed E-state index contributed by atoms with van der Waals surface area (Å²) in [5.41, 5.74) is -0.743. The van der Waals surface area contributed by atoms with E-state index in [4.69, 9.17) is 44.0 Å². The van der Waals surface area contributed by atoms with E-state index in [2.05, 4.69) is 48.8 Å². The van der Waals surface area contributed by atoms with Crippen LogP contribution in [0.5, 0.6) is 0 Å². The van der Waals surface area contributed by atoms with Crippen molar-refractivity contribution in [3.63, 3.8) is 0 Å². The average Bonchev–Trinajstić information content (AvgIpc) is 3.08. The Labute approximate surface area is 245 Å². The third-order valence-corrected chi connectivity index (χ3v) is 13.3. The number of amides is 1. The second kappa shape index (κ2) is 10.4. The van der Waals surface area contributed by atoms with Crippen LogP contribution in [-0.2, 0) is 9.16 Å². The lowest BCUT2D eigenvalue weighted by Gasteiger charge is -2.51. The quantitative estimate of drug-likeness (QED) is 0.199.